The first-order valence-electron chi connectivity index (χ1n) is 7.80. The van der Waals surface area contributed by atoms with E-state index in [2.05, 4.69) is 20.8 Å². The van der Waals surface area contributed by atoms with E-state index < -0.39 is 30.2 Å². The molecular formula is C17H12F3N5O3. The third-order valence-corrected chi connectivity index (χ3v) is 3.50. The summed E-state index contributed by atoms with van der Waals surface area (Å²) in [6.07, 6.45) is -3.19. The normalized spacial score (nSPS) is 11.1. The van der Waals surface area contributed by atoms with Gasteiger partial charge in [-0.25, -0.2) is 9.48 Å². The first-order valence-corrected chi connectivity index (χ1v) is 7.80. The van der Waals surface area contributed by atoms with Crippen molar-refractivity contribution in [3.63, 3.8) is 0 Å². The highest BCUT2D eigenvalue weighted by atomic mass is 19.4. The van der Waals surface area contributed by atoms with Crippen molar-refractivity contribution >= 4 is 17.6 Å². The SMILES string of the molecule is O=C(COC(=O)c1cccc(-n2cnnn2)c1)Nc1cccc(C(F)(F)F)c1. The zero-order valence-electron chi connectivity index (χ0n) is 14.1. The van der Waals surface area contributed by atoms with Gasteiger partial charge in [-0.15, -0.1) is 5.10 Å². The molecule has 144 valence electrons. The largest absolute Gasteiger partial charge is 0.452 e. The second kappa shape index (κ2) is 7.86. The first kappa shape index (κ1) is 19.0. The number of ether oxygens (including phenoxy) is 1. The van der Waals surface area contributed by atoms with E-state index in [1.54, 1.807) is 12.1 Å². The highest BCUT2D eigenvalue weighted by Gasteiger charge is 2.30. The van der Waals surface area contributed by atoms with Crippen LogP contribution in [0.15, 0.2) is 54.9 Å². The molecule has 1 aromatic heterocycles. The van der Waals surface area contributed by atoms with Crippen molar-refractivity contribution in [2.75, 3.05) is 11.9 Å². The van der Waals surface area contributed by atoms with Crippen LogP contribution in [-0.2, 0) is 15.7 Å². The zero-order chi connectivity index (χ0) is 20.1. The van der Waals surface area contributed by atoms with Crippen molar-refractivity contribution in [2.45, 2.75) is 6.18 Å². The Balaban J connectivity index is 1.59. The number of rotatable bonds is 5. The number of benzene rings is 2. The quantitative estimate of drug-likeness (QED) is 0.671. The molecule has 0 bridgehead atoms. The average Bonchev–Trinajstić information content (AvgIpc) is 3.20. The maximum absolute atomic E-state index is 12.7. The lowest BCUT2D eigenvalue weighted by Crippen LogP contribution is -2.21. The van der Waals surface area contributed by atoms with Crippen molar-refractivity contribution in [1.82, 2.24) is 20.2 Å². The molecule has 28 heavy (non-hydrogen) atoms. The molecule has 0 atom stereocenters. The van der Waals surface area contributed by atoms with Gasteiger partial charge >= 0.3 is 12.1 Å². The number of tetrazole rings is 1. The van der Waals surface area contributed by atoms with E-state index in [4.69, 9.17) is 4.74 Å². The Morgan fingerprint density at radius 2 is 1.89 bits per heavy atom. The standard InChI is InChI=1S/C17H12F3N5O3/c18-17(19,20)12-4-2-5-13(8-12)22-15(26)9-28-16(27)11-3-1-6-14(7-11)25-10-21-23-24-25/h1-8,10H,9H2,(H,22,26). The predicted molar refractivity (Wildman–Crippen MR) is 89.5 cm³/mol. The van der Waals surface area contributed by atoms with Crippen LogP contribution in [0.1, 0.15) is 15.9 Å². The Morgan fingerprint density at radius 1 is 1.11 bits per heavy atom. The fourth-order valence-corrected chi connectivity index (χ4v) is 2.24. The van der Waals surface area contributed by atoms with Crippen LogP contribution in [0.4, 0.5) is 18.9 Å². The van der Waals surface area contributed by atoms with Crippen molar-refractivity contribution in [1.29, 1.82) is 0 Å². The van der Waals surface area contributed by atoms with Gasteiger partial charge in [0.15, 0.2) is 6.61 Å². The maximum Gasteiger partial charge on any atom is 0.416 e. The number of hydrogen-bond acceptors (Lipinski definition) is 6. The Kier molecular flexibility index (Phi) is 5.34. The van der Waals surface area contributed by atoms with Crippen molar-refractivity contribution in [3.8, 4) is 5.69 Å². The summed E-state index contributed by atoms with van der Waals surface area (Å²) in [4.78, 5) is 24.0. The van der Waals surface area contributed by atoms with Gasteiger partial charge in [0.25, 0.3) is 5.91 Å². The molecule has 8 nitrogen and oxygen atoms in total. The van der Waals surface area contributed by atoms with E-state index in [9.17, 15) is 22.8 Å². The number of nitrogens with zero attached hydrogens (tertiary/aromatic N) is 4. The third-order valence-electron chi connectivity index (χ3n) is 3.50. The molecular weight excluding hydrogens is 379 g/mol. The number of amides is 1. The zero-order valence-corrected chi connectivity index (χ0v) is 14.1. The Labute approximate surface area is 155 Å². The van der Waals surface area contributed by atoms with Gasteiger partial charge in [-0.05, 0) is 46.8 Å². The Hall–Kier alpha value is -3.76. The first-order chi connectivity index (χ1) is 13.3. The summed E-state index contributed by atoms with van der Waals surface area (Å²) < 4.78 is 44.3. The number of anilines is 1. The van der Waals surface area contributed by atoms with Crippen LogP contribution in [0.2, 0.25) is 0 Å². The van der Waals surface area contributed by atoms with Crippen LogP contribution in [-0.4, -0.2) is 38.7 Å². The smallest absolute Gasteiger partial charge is 0.416 e. The number of alkyl halides is 3. The van der Waals surface area contributed by atoms with Gasteiger partial charge in [0.1, 0.15) is 6.33 Å². The molecule has 11 heteroatoms. The van der Waals surface area contributed by atoms with Crippen LogP contribution in [0.3, 0.4) is 0 Å². The number of carbonyl (C=O) groups excluding carboxylic acids is 2. The predicted octanol–water partition coefficient (Wildman–Crippen LogP) is 2.48. The lowest BCUT2D eigenvalue weighted by molar-refractivity contribution is -0.137. The van der Waals surface area contributed by atoms with Gasteiger partial charge in [0.05, 0.1) is 16.8 Å². The Bertz CT molecular complexity index is 990. The minimum Gasteiger partial charge on any atom is -0.452 e. The molecule has 0 unspecified atom stereocenters. The minimum absolute atomic E-state index is 0.0587. The van der Waals surface area contributed by atoms with Gasteiger partial charge in [-0.3, -0.25) is 4.79 Å². The number of carbonyl (C=O) groups is 2. The van der Waals surface area contributed by atoms with Crippen molar-refractivity contribution in [3.05, 3.63) is 66.0 Å². The number of hydrogen-bond donors (Lipinski definition) is 1. The highest BCUT2D eigenvalue weighted by molar-refractivity contribution is 5.95. The minimum atomic E-state index is -4.53. The maximum atomic E-state index is 12.7. The van der Waals surface area contributed by atoms with E-state index >= 15 is 0 Å². The summed E-state index contributed by atoms with van der Waals surface area (Å²) in [5.41, 5.74) is -0.300. The molecule has 0 fully saturated rings. The van der Waals surface area contributed by atoms with Crippen molar-refractivity contribution in [2.24, 2.45) is 0 Å². The molecule has 0 spiro atoms. The average molecular weight is 391 g/mol. The summed E-state index contributed by atoms with van der Waals surface area (Å²) in [6.45, 7) is -0.663. The van der Waals surface area contributed by atoms with E-state index in [1.807, 2.05) is 0 Å². The molecule has 0 radical (unpaired) electrons. The van der Waals surface area contributed by atoms with Crippen LogP contribution in [0.5, 0.6) is 0 Å². The summed E-state index contributed by atoms with van der Waals surface area (Å²) in [5.74, 6) is -1.56. The third kappa shape index (κ3) is 4.69. The number of nitrogens with one attached hydrogen (secondary N) is 1. The van der Waals surface area contributed by atoms with E-state index in [0.29, 0.717) is 5.69 Å². The topological polar surface area (TPSA) is 99.0 Å². The van der Waals surface area contributed by atoms with Gasteiger partial charge < -0.3 is 10.1 Å². The lowest BCUT2D eigenvalue weighted by atomic mass is 10.2. The molecule has 0 aliphatic rings. The lowest BCUT2D eigenvalue weighted by Gasteiger charge is -2.10. The van der Waals surface area contributed by atoms with Gasteiger partial charge in [-0.2, -0.15) is 13.2 Å². The van der Waals surface area contributed by atoms with E-state index in [-0.39, 0.29) is 11.3 Å². The Morgan fingerprint density at radius 3 is 2.61 bits per heavy atom. The summed E-state index contributed by atoms with van der Waals surface area (Å²) in [7, 11) is 0. The van der Waals surface area contributed by atoms with E-state index in [1.165, 1.54) is 29.2 Å². The number of aromatic nitrogens is 4. The molecule has 0 saturated heterocycles. The summed E-state index contributed by atoms with van der Waals surface area (Å²) in [5, 5.41) is 12.9. The molecule has 3 aromatic rings. The van der Waals surface area contributed by atoms with Crippen LogP contribution in [0, 0.1) is 0 Å². The van der Waals surface area contributed by atoms with E-state index in [0.717, 1.165) is 18.2 Å². The fraction of sp³-hybridized carbons (Fsp3) is 0.118. The molecule has 0 saturated carbocycles. The molecule has 2 aromatic carbocycles. The molecule has 1 heterocycles. The number of halogens is 3. The van der Waals surface area contributed by atoms with Gasteiger partial charge in [0.2, 0.25) is 0 Å². The van der Waals surface area contributed by atoms with Gasteiger partial charge in [0, 0.05) is 5.69 Å². The highest BCUT2D eigenvalue weighted by Crippen LogP contribution is 2.30. The van der Waals surface area contributed by atoms with Crippen LogP contribution < -0.4 is 5.32 Å². The molecule has 1 amide bonds. The van der Waals surface area contributed by atoms with Crippen molar-refractivity contribution < 1.29 is 27.5 Å². The number of esters is 1. The fourth-order valence-electron chi connectivity index (χ4n) is 2.24. The molecule has 1 N–H and O–H groups in total. The summed E-state index contributed by atoms with van der Waals surface area (Å²) >= 11 is 0. The summed E-state index contributed by atoms with van der Waals surface area (Å²) in [6, 6.07) is 10.3. The second-order valence-electron chi connectivity index (χ2n) is 5.51. The van der Waals surface area contributed by atoms with Crippen LogP contribution >= 0.6 is 0 Å². The molecule has 3 rings (SSSR count). The molecule has 0 aliphatic carbocycles. The monoisotopic (exact) mass is 391 g/mol. The van der Waals surface area contributed by atoms with Gasteiger partial charge in [-0.1, -0.05) is 12.1 Å². The molecule has 0 aliphatic heterocycles. The second-order valence-corrected chi connectivity index (χ2v) is 5.51. The van der Waals surface area contributed by atoms with Crippen LogP contribution in [0.25, 0.3) is 5.69 Å².